The lowest BCUT2D eigenvalue weighted by molar-refractivity contribution is -0.118. The Morgan fingerprint density at radius 3 is 2.56 bits per heavy atom. The van der Waals surface area contributed by atoms with Crippen LogP contribution in [0.15, 0.2) is 24.3 Å². The van der Waals surface area contributed by atoms with Crippen LogP contribution in [0, 0.1) is 0 Å². The van der Waals surface area contributed by atoms with E-state index in [9.17, 15) is 4.79 Å². The summed E-state index contributed by atoms with van der Waals surface area (Å²) >= 11 is 12.0. The second-order valence-electron chi connectivity index (χ2n) is 3.31. The first-order valence-electron chi connectivity index (χ1n) is 4.96. The molecule has 4 heteroatoms. The molecule has 1 aromatic carbocycles. The summed E-state index contributed by atoms with van der Waals surface area (Å²) in [5.41, 5.74) is 0.814. The number of nitrogens with one attached hydrogen (secondary N) is 1. The van der Waals surface area contributed by atoms with E-state index >= 15 is 0 Å². The quantitative estimate of drug-likeness (QED) is 0.822. The van der Waals surface area contributed by atoms with E-state index in [1.165, 1.54) is 6.92 Å². The van der Waals surface area contributed by atoms with E-state index in [0.29, 0.717) is 16.6 Å². The summed E-state index contributed by atoms with van der Waals surface area (Å²) in [5, 5.41) is 3.96. The molecule has 0 aliphatic heterocycles. The molecule has 86 valence electrons. The first-order chi connectivity index (χ1) is 7.61. The van der Waals surface area contributed by atoms with Crippen LogP contribution < -0.4 is 5.32 Å². The molecular formula is C12H13Cl2NO. The Bertz CT molecular complexity index is 382. The Kier molecular flexibility index (Phi) is 5.36. The van der Waals surface area contributed by atoms with E-state index in [1.807, 2.05) is 12.2 Å². The molecule has 0 heterocycles. The number of carbonyl (C=O) groups is 1. The second kappa shape index (κ2) is 6.56. The maximum atomic E-state index is 10.6. The maximum absolute atomic E-state index is 10.6. The highest BCUT2D eigenvalue weighted by Crippen LogP contribution is 2.25. The fourth-order valence-corrected chi connectivity index (χ4v) is 1.73. The molecule has 1 amide bonds. The van der Waals surface area contributed by atoms with Gasteiger partial charge in [0, 0.05) is 29.1 Å². The maximum Gasteiger partial charge on any atom is 0.216 e. The van der Waals surface area contributed by atoms with Gasteiger partial charge in [-0.15, -0.1) is 0 Å². The predicted octanol–water partition coefficient (Wildman–Crippen LogP) is 3.53. The molecule has 1 N–H and O–H groups in total. The number of hydrogen-bond donors (Lipinski definition) is 1. The Morgan fingerprint density at radius 1 is 1.38 bits per heavy atom. The van der Waals surface area contributed by atoms with Gasteiger partial charge in [0.1, 0.15) is 0 Å². The molecule has 1 aromatic rings. The van der Waals surface area contributed by atoms with Crippen LogP contribution in [0.3, 0.4) is 0 Å². The highest BCUT2D eigenvalue weighted by molar-refractivity contribution is 6.37. The van der Waals surface area contributed by atoms with Crippen molar-refractivity contribution in [2.24, 2.45) is 0 Å². The van der Waals surface area contributed by atoms with Crippen molar-refractivity contribution in [3.05, 3.63) is 39.9 Å². The Hall–Kier alpha value is -0.990. The molecule has 0 saturated carbocycles. The number of halogens is 2. The van der Waals surface area contributed by atoms with Crippen LogP contribution in [-0.4, -0.2) is 12.5 Å². The SMILES string of the molecule is CC(=O)NCCC=Cc1c(Cl)cccc1Cl. The smallest absolute Gasteiger partial charge is 0.216 e. The van der Waals surface area contributed by atoms with Crippen molar-refractivity contribution in [2.45, 2.75) is 13.3 Å². The van der Waals surface area contributed by atoms with Gasteiger partial charge >= 0.3 is 0 Å². The summed E-state index contributed by atoms with van der Waals surface area (Å²) in [6.07, 6.45) is 4.55. The minimum Gasteiger partial charge on any atom is -0.356 e. The molecule has 0 aromatic heterocycles. The van der Waals surface area contributed by atoms with E-state index in [2.05, 4.69) is 5.32 Å². The van der Waals surface area contributed by atoms with Gasteiger partial charge in [-0.2, -0.15) is 0 Å². The normalized spacial score (nSPS) is 10.7. The van der Waals surface area contributed by atoms with Crippen LogP contribution >= 0.6 is 23.2 Å². The summed E-state index contributed by atoms with van der Waals surface area (Å²) in [5.74, 6) is -0.0239. The number of hydrogen-bond acceptors (Lipinski definition) is 1. The summed E-state index contributed by atoms with van der Waals surface area (Å²) in [7, 11) is 0. The third kappa shape index (κ3) is 4.25. The highest BCUT2D eigenvalue weighted by atomic mass is 35.5. The van der Waals surface area contributed by atoms with Crippen molar-refractivity contribution >= 4 is 35.2 Å². The summed E-state index contributed by atoms with van der Waals surface area (Å²) in [4.78, 5) is 10.6. The Labute approximate surface area is 105 Å². The Balaban J connectivity index is 2.53. The van der Waals surface area contributed by atoms with Gasteiger partial charge in [-0.25, -0.2) is 0 Å². The number of benzene rings is 1. The molecule has 0 aliphatic rings. The van der Waals surface area contributed by atoms with Gasteiger partial charge in [0.15, 0.2) is 0 Å². The molecular weight excluding hydrogens is 245 g/mol. The highest BCUT2D eigenvalue weighted by Gasteiger charge is 2.00. The molecule has 0 atom stereocenters. The van der Waals surface area contributed by atoms with Crippen LogP contribution in [0.4, 0.5) is 0 Å². The summed E-state index contributed by atoms with van der Waals surface area (Å²) in [6.45, 7) is 2.11. The minimum absolute atomic E-state index is 0.0239. The van der Waals surface area contributed by atoms with E-state index in [0.717, 1.165) is 12.0 Å². The minimum atomic E-state index is -0.0239. The van der Waals surface area contributed by atoms with Gasteiger partial charge in [0.25, 0.3) is 0 Å². The van der Waals surface area contributed by atoms with Crippen LogP contribution in [0.5, 0.6) is 0 Å². The lowest BCUT2D eigenvalue weighted by Gasteiger charge is -2.01. The molecule has 2 nitrogen and oxygen atoms in total. The van der Waals surface area contributed by atoms with Crippen LogP contribution in [0.2, 0.25) is 10.0 Å². The van der Waals surface area contributed by atoms with E-state index in [-0.39, 0.29) is 5.91 Å². The fourth-order valence-electron chi connectivity index (χ4n) is 1.20. The molecule has 1 rings (SSSR count). The monoisotopic (exact) mass is 257 g/mol. The van der Waals surface area contributed by atoms with Crippen molar-refractivity contribution in [2.75, 3.05) is 6.54 Å². The third-order valence-corrected chi connectivity index (χ3v) is 2.63. The van der Waals surface area contributed by atoms with E-state index < -0.39 is 0 Å². The largest absolute Gasteiger partial charge is 0.356 e. The summed E-state index contributed by atoms with van der Waals surface area (Å²) in [6, 6.07) is 5.39. The zero-order valence-corrected chi connectivity index (χ0v) is 10.5. The molecule has 0 aliphatic carbocycles. The zero-order valence-electron chi connectivity index (χ0n) is 8.97. The first kappa shape index (κ1) is 13.1. The molecule has 0 saturated heterocycles. The average molecular weight is 258 g/mol. The van der Waals surface area contributed by atoms with Gasteiger partial charge in [-0.1, -0.05) is 41.4 Å². The fraction of sp³-hybridized carbons (Fsp3) is 0.250. The molecule has 0 bridgehead atoms. The van der Waals surface area contributed by atoms with E-state index in [1.54, 1.807) is 18.2 Å². The van der Waals surface area contributed by atoms with Crippen molar-refractivity contribution in [1.82, 2.24) is 5.32 Å². The lowest BCUT2D eigenvalue weighted by Crippen LogP contribution is -2.20. The molecule has 0 unspecified atom stereocenters. The predicted molar refractivity (Wildman–Crippen MR) is 68.8 cm³/mol. The molecule has 0 fully saturated rings. The van der Waals surface area contributed by atoms with E-state index in [4.69, 9.17) is 23.2 Å². The van der Waals surface area contributed by atoms with Gasteiger partial charge in [0.05, 0.1) is 0 Å². The van der Waals surface area contributed by atoms with Crippen LogP contribution in [0.1, 0.15) is 18.9 Å². The van der Waals surface area contributed by atoms with Crippen molar-refractivity contribution < 1.29 is 4.79 Å². The lowest BCUT2D eigenvalue weighted by atomic mass is 10.2. The molecule has 0 spiro atoms. The average Bonchev–Trinajstić information content (AvgIpc) is 2.21. The first-order valence-corrected chi connectivity index (χ1v) is 5.72. The van der Waals surface area contributed by atoms with Gasteiger partial charge in [-0.3, -0.25) is 4.79 Å². The topological polar surface area (TPSA) is 29.1 Å². The van der Waals surface area contributed by atoms with Crippen LogP contribution in [0.25, 0.3) is 6.08 Å². The van der Waals surface area contributed by atoms with Gasteiger partial charge in [-0.05, 0) is 18.6 Å². The van der Waals surface area contributed by atoms with Crippen LogP contribution in [-0.2, 0) is 4.79 Å². The number of rotatable bonds is 4. The molecule has 16 heavy (non-hydrogen) atoms. The zero-order chi connectivity index (χ0) is 12.0. The molecule has 0 radical (unpaired) electrons. The third-order valence-electron chi connectivity index (χ3n) is 1.97. The van der Waals surface area contributed by atoms with Crippen molar-refractivity contribution in [1.29, 1.82) is 0 Å². The van der Waals surface area contributed by atoms with Crippen molar-refractivity contribution in [3.63, 3.8) is 0 Å². The standard InChI is InChI=1S/C12H13Cl2NO/c1-9(16)15-8-3-2-5-10-11(13)6-4-7-12(10)14/h2,4-7H,3,8H2,1H3,(H,15,16). The second-order valence-corrected chi connectivity index (χ2v) is 4.12. The Morgan fingerprint density at radius 2 is 2.00 bits per heavy atom. The van der Waals surface area contributed by atoms with Gasteiger partial charge in [0.2, 0.25) is 5.91 Å². The van der Waals surface area contributed by atoms with Crippen molar-refractivity contribution in [3.8, 4) is 0 Å². The number of carbonyl (C=O) groups excluding carboxylic acids is 1. The number of amides is 1. The summed E-state index contributed by atoms with van der Waals surface area (Å²) < 4.78 is 0. The van der Waals surface area contributed by atoms with Gasteiger partial charge < -0.3 is 5.32 Å².